The van der Waals surface area contributed by atoms with Crippen molar-refractivity contribution in [3.63, 3.8) is 0 Å². The molecule has 0 aromatic carbocycles. The molecule has 0 aliphatic carbocycles. The normalized spacial score (nSPS) is 22.8. The second-order valence-electron chi connectivity index (χ2n) is 5.02. The van der Waals surface area contributed by atoms with Gasteiger partial charge in [0.05, 0.1) is 6.10 Å². The molecule has 0 spiro atoms. The Kier molecular flexibility index (Phi) is 5.04. The average Bonchev–Trinajstić information content (AvgIpc) is 2.62. The monoisotopic (exact) mass is 271 g/mol. The van der Waals surface area contributed by atoms with Crippen LogP contribution in [0.4, 0.5) is 5.82 Å². The van der Waals surface area contributed by atoms with Gasteiger partial charge >= 0.3 is 5.69 Å². The molecule has 0 saturated carbocycles. The van der Waals surface area contributed by atoms with E-state index in [0.717, 1.165) is 12.8 Å². The fourth-order valence-electron chi connectivity index (χ4n) is 1.63. The topological polar surface area (TPSA) is 111 Å². The molecule has 4 N–H and O–H groups in total. The molecule has 7 nitrogen and oxygen atoms in total. The quantitative estimate of drug-likeness (QED) is 0.631. The zero-order valence-corrected chi connectivity index (χ0v) is 11.4. The summed E-state index contributed by atoms with van der Waals surface area (Å²) in [6, 6.07) is 1.60. The summed E-state index contributed by atoms with van der Waals surface area (Å²) in [5.74, 6) is -1.25. The Bertz CT molecular complexity index is 461. The zero-order valence-electron chi connectivity index (χ0n) is 11.4. The molecular formula is C12H21N3O4. The van der Waals surface area contributed by atoms with E-state index in [9.17, 15) is 4.79 Å². The highest BCUT2D eigenvalue weighted by atomic mass is 16.5. The standard InChI is InChI=1S/C9H13N3O2.C3H8O2/c1-6-2-3-8(14-6)12-5-4-7(10)11-9(12)13;1-3(2,4)5/h4-6,8H,2-3H2,1H3,(H2,10,11,13);4-5H,1-2H3. The predicted octanol–water partition coefficient (Wildman–Crippen LogP) is 0.230. The number of ether oxygens (including phenoxy) is 1. The molecule has 2 atom stereocenters. The first kappa shape index (κ1) is 15.6. The fourth-order valence-corrected chi connectivity index (χ4v) is 1.63. The second kappa shape index (κ2) is 6.14. The number of hydrogen-bond acceptors (Lipinski definition) is 6. The van der Waals surface area contributed by atoms with Gasteiger partial charge in [-0.05, 0) is 39.7 Å². The maximum atomic E-state index is 11.4. The van der Waals surface area contributed by atoms with Crippen LogP contribution in [-0.4, -0.2) is 31.7 Å². The van der Waals surface area contributed by atoms with Crippen LogP contribution < -0.4 is 11.4 Å². The minimum Gasteiger partial charge on any atom is -0.383 e. The van der Waals surface area contributed by atoms with Crippen LogP contribution in [-0.2, 0) is 4.74 Å². The average molecular weight is 271 g/mol. The van der Waals surface area contributed by atoms with Crippen LogP contribution in [0.15, 0.2) is 17.1 Å². The lowest BCUT2D eigenvalue weighted by Gasteiger charge is -2.13. The molecular weight excluding hydrogens is 250 g/mol. The number of hydrogen-bond donors (Lipinski definition) is 3. The van der Waals surface area contributed by atoms with Gasteiger partial charge in [-0.3, -0.25) is 4.57 Å². The maximum Gasteiger partial charge on any atom is 0.351 e. The van der Waals surface area contributed by atoms with E-state index < -0.39 is 5.79 Å². The largest absolute Gasteiger partial charge is 0.383 e. The van der Waals surface area contributed by atoms with E-state index in [4.69, 9.17) is 20.7 Å². The Hall–Kier alpha value is -1.44. The van der Waals surface area contributed by atoms with Gasteiger partial charge in [-0.2, -0.15) is 4.98 Å². The van der Waals surface area contributed by atoms with E-state index in [1.807, 2.05) is 6.92 Å². The molecule has 1 fully saturated rings. The van der Waals surface area contributed by atoms with Gasteiger partial charge < -0.3 is 20.7 Å². The fraction of sp³-hybridized carbons (Fsp3) is 0.667. The van der Waals surface area contributed by atoms with Crippen molar-refractivity contribution in [2.75, 3.05) is 5.73 Å². The number of aliphatic hydroxyl groups is 2. The number of aromatic nitrogens is 2. The van der Waals surface area contributed by atoms with Crippen molar-refractivity contribution in [1.82, 2.24) is 9.55 Å². The first-order valence-corrected chi connectivity index (χ1v) is 6.11. The summed E-state index contributed by atoms with van der Waals surface area (Å²) >= 11 is 0. The molecule has 2 rings (SSSR count). The molecule has 1 saturated heterocycles. The molecule has 1 aliphatic rings. The van der Waals surface area contributed by atoms with Gasteiger partial charge in [0.15, 0.2) is 5.79 Å². The van der Waals surface area contributed by atoms with E-state index >= 15 is 0 Å². The van der Waals surface area contributed by atoms with Crippen molar-refractivity contribution in [2.45, 2.75) is 51.7 Å². The van der Waals surface area contributed by atoms with Crippen molar-refractivity contribution in [3.8, 4) is 0 Å². The molecule has 0 amide bonds. The minimum absolute atomic E-state index is 0.175. The molecule has 1 aromatic heterocycles. The first-order valence-electron chi connectivity index (χ1n) is 6.11. The third-order valence-corrected chi connectivity index (χ3v) is 2.37. The number of nitrogens with zero attached hydrogens (tertiary/aromatic N) is 2. The number of rotatable bonds is 1. The van der Waals surface area contributed by atoms with E-state index in [1.54, 1.807) is 12.3 Å². The van der Waals surface area contributed by atoms with E-state index in [0.29, 0.717) is 0 Å². The molecule has 108 valence electrons. The van der Waals surface area contributed by atoms with Crippen molar-refractivity contribution in [1.29, 1.82) is 0 Å². The van der Waals surface area contributed by atoms with Gasteiger partial charge in [0.1, 0.15) is 12.0 Å². The highest BCUT2D eigenvalue weighted by molar-refractivity contribution is 5.23. The second-order valence-corrected chi connectivity index (χ2v) is 5.02. The summed E-state index contributed by atoms with van der Waals surface area (Å²) in [6.07, 6.45) is 3.50. The van der Waals surface area contributed by atoms with Crippen LogP contribution in [0.25, 0.3) is 0 Å². The summed E-state index contributed by atoms with van der Waals surface area (Å²) < 4.78 is 7.04. The van der Waals surface area contributed by atoms with Crippen LogP contribution in [0.2, 0.25) is 0 Å². The Balaban J connectivity index is 0.000000312. The Labute approximate surface area is 111 Å². The molecule has 2 heterocycles. The third-order valence-electron chi connectivity index (χ3n) is 2.37. The minimum atomic E-state index is -1.50. The number of nitrogens with two attached hydrogens (primary N) is 1. The molecule has 2 unspecified atom stereocenters. The van der Waals surface area contributed by atoms with Crippen molar-refractivity contribution >= 4 is 5.82 Å². The van der Waals surface area contributed by atoms with Gasteiger partial charge in [-0.1, -0.05) is 0 Å². The van der Waals surface area contributed by atoms with E-state index in [1.165, 1.54) is 18.4 Å². The van der Waals surface area contributed by atoms with Crippen LogP contribution in [0, 0.1) is 0 Å². The number of anilines is 1. The van der Waals surface area contributed by atoms with Gasteiger partial charge in [-0.15, -0.1) is 0 Å². The van der Waals surface area contributed by atoms with Crippen LogP contribution >= 0.6 is 0 Å². The SMILES string of the molecule is CC(C)(O)O.CC1CCC(n2ccc(N)nc2=O)O1. The smallest absolute Gasteiger partial charge is 0.351 e. The van der Waals surface area contributed by atoms with Gasteiger partial charge in [0, 0.05) is 6.20 Å². The lowest BCUT2D eigenvalue weighted by Crippen LogP contribution is -2.27. The number of nitrogen functional groups attached to an aromatic ring is 1. The molecule has 1 aromatic rings. The lowest BCUT2D eigenvalue weighted by molar-refractivity contribution is -0.127. The zero-order chi connectivity index (χ0) is 14.6. The van der Waals surface area contributed by atoms with E-state index in [-0.39, 0.29) is 23.8 Å². The summed E-state index contributed by atoms with van der Waals surface area (Å²) in [6.45, 7) is 4.59. The summed E-state index contributed by atoms with van der Waals surface area (Å²) in [4.78, 5) is 15.1. The lowest BCUT2D eigenvalue weighted by atomic mass is 10.2. The molecule has 1 aliphatic heterocycles. The Morgan fingerprint density at radius 3 is 2.47 bits per heavy atom. The Morgan fingerprint density at radius 2 is 2.05 bits per heavy atom. The predicted molar refractivity (Wildman–Crippen MR) is 70.2 cm³/mol. The summed E-state index contributed by atoms with van der Waals surface area (Å²) in [5, 5.41) is 16.2. The third kappa shape index (κ3) is 5.82. The van der Waals surface area contributed by atoms with E-state index in [2.05, 4.69) is 4.98 Å². The molecule has 19 heavy (non-hydrogen) atoms. The van der Waals surface area contributed by atoms with Crippen molar-refractivity contribution in [2.24, 2.45) is 0 Å². The van der Waals surface area contributed by atoms with Crippen molar-refractivity contribution < 1.29 is 14.9 Å². The maximum absolute atomic E-state index is 11.4. The van der Waals surface area contributed by atoms with Gasteiger partial charge in [0.25, 0.3) is 0 Å². The highest BCUT2D eigenvalue weighted by Crippen LogP contribution is 2.26. The summed E-state index contributed by atoms with van der Waals surface area (Å²) in [5.41, 5.74) is 5.04. The molecule has 0 bridgehead atoms. The van der Waals surface area contributed by atoms with Crippen LogP contribution in [0.3, 0.4) is 0 Å². The highest BCUT2D eigenvalue weighted by Gasteiger charge is 2.23. The molecule has 0 radical (unpaired) electrons. The van der Waals surface area contributed by atoms with Crippen molar-refractivity contribution in [3.05, 3.63) is 22.7 Å². The summed E-state index contributed by atoms with van der Waals surface area (Å²) in [7, 11) is 0. The van der Waals surface area contributed by atoms with Crippen LogP contribution in [0.1, 0.15) is 39.8 Å². The van der Waals surface area contributed by atoms with Gasteiger partial charge in [-0.25, -0.2) is 4.79 Å². The van der Waals surface area contributed by atoms with Gasteiger partial charge in [0.2, 0.25) is 0 Å². The Morgan fingerprint density at radius 1 is 1.47 bits per heavy atom. The van der Waals surface area contributed by atoms with Crippen LogP contribution in [0.5, 0.6) is 0 Å². The first-order chi connectivity index (χ1) is 8.66. The molecule has 7 heteroatoms.